The first-order valence-electron chi connectivity index (χ1n) is 11.8. The summed E-state index contributed by atoms with van der Waals surface area (Å²) in [5, 5.41) is 0. The van der Waals surface area contributed by atoms with Crippen LogP contribution in [-0.2, 0) is 32.6 Å². The van der Waals surface area contributed by atoms with Crippen molar-refractivity contribution in [2.75, 3.05) is 31.1 Å². The highest BCUT2D eigenvalue weighted by atomic mass is 32.2. The number of carbonyl (C=O) groups is 1. The first-order valence-corrected chi connectivity index (χ1v) is 13.6. The number of rotatable bonds is 5. The van der Waals surface area contributed by atoms with Gasteiger partial charge in [-0.15, -0.1) is 0 Å². The average molecular weight is 492 g/mol. The molecule has 6 rings (SSSR count). The van der Waals surface area contributed by atoms with E-state index in [9.17, 15) is 13.2 Å². The third kappa shape index (κ3) is 4.22. The predicted octanol–water partition coefficient (Wildman–Crippen LogP) is 2.66. The van der Waals surface area contributed by atoms with Gasteiger partial charge in [0.2, 0.25) is 0 Å². The number of anilines is 2. The van der Waals surface area contributed by atoms with Gasteiger partial charge >= 0.3 is 0 Å². The quantitative estimate of drug-likeness (QED) is 0.536. The molecule has 0 aliphatic carbocycles. The number of pyridine rings is 1. The summed E-state index contributed by atoms with van der Waals surface area (Å²) in [5.74, 6) is 1.55. The van der Waals surface area contributed by atoms with E-state index in [1.165, 1.54) is 0 Å². The monoisotopic (exact) mass is 491 g/mol. The molecule has 10 heteroatoms. The minimum Gasteiger partial charge on any atom is -0.484 e. The highest BCUT2D eigenvalue weighted by Gasteiger charge is 2.34. The van der Waals surface area contributed by atoms with Gasteiger partial charge in [0, 0.05) is 54.9 Å². The van der Waals surface area contributed by atoms with Crippen LogP contribution in [0.1, 0.15) is 29.7 Å². The molecular weight excluding hydrogens is 466 g/mol. The molecule has 0 unspecified atom stereocenters. The van der Waals surface area contributed by atoms with Gasteiger partial charge in [-0.3, -0.25) is 9.78 Å². The molecule has 0 bridgehead atoms. The Morgan fingerprint density at radius 3 is 2.60 bits per heavy atom. The molecule has 5 heterocycles. The van der Waals surface area contributed by atoms with E-state index in [1.807, 2.05) is 35.2 Å². The van der Waals surface area contributed by atoms with Crippen molar-refractivity contribution in [3.63, 3.8) is 0 Å². The Labute approximate surface area is 203 Å². The number of sulfone groups is 1. The van der Waals surface area contributed by atoms with Gasteiger partial charge in [0.25, 0.3) is 5.91 Å². The summed E-state index contributed by atoms with van der Waals surface area (Å²) in [5.41, 5.74) is 4.04. The molecular formula is C25H25N5O4S. The van der Waals surface area contributed by atoms with E-state index in [2.05, 4.69) is 14.9 Å². The molecule has 0 radical (unpaired) electrons. The van der Waals surface area contributed by atoms with Gasteiger partial charge < -0.3 is 14.5 Å². The van der Waals surface area contributed by atoms with Crippen molar-refractivity contribution in [3.8, 4) is 17.1 Å². The van der Waals surface area contributed by atoms with Crippen LogP contribution in [0.5, 0.6) is 5.75 Å². The Morgan fingerprint density at radius 1 is 1.00 bits per heavy atom. The van der Waals surface area contributed by atoms with Gasteiger partial charge in [-0.2, -0.15) is 0 Å². The van der Waals surface area contributed by atoms with Crippen molar-refractivity contribution in [2.24, 2.45) is 0 Å². The average Bonchev–Trinajstić information content (AvgIpc) is 3.60. The van der Waals surface area contributed by atoms with Crippen LogP contribution in [-0.4, -0.2) is 60.4 Å². The number of carbonyl (C=O) groups excluding carboxylic acids is 1. The lowest BCUT2D eigenvalue weighted by Gasteiger charge is -2.22. The van der Waals surface area contributed by atoms with Crippen LogP contribution in [0, 0.1) is 0 Å². The van der Waals surface area contributed by atoms with E-state index < -0.39 is 9.84 Å². The number of benzene rings is 1. The molecule has 1 fully saturated rings. The Balaban J connectivity index is 1.34. The maximum Gasteiger partial charge on any atom is 0.260 e. The maximum absolute atomic E-state index is 12.5. The Bertz CT molecular complexity index is 1400. The van der Waals surface area contributed by atoms with Crippen molar-refractivity contribution >= 4 is 27.2 Å². The SMILES string of the molecule is O=C(COc1ccc2c(c1)N(c1nc(-c3ccncc3)nc3c1CS(=O)(=O)C3)CC2)N1CCCC1. The third-order valence-electron chi connectivity index (χ3n) is 6.76. The van der Waals surface area contributed by atoms with Crippen LogP contribution in [0.4, 0.5) is 11.5 Å². The topological polar surface area (TPSA) is 106 Å². The molecule has 1 saturated heterocycles. The second-order valence-electron chi connectivity index (χ2n) is 9.13. The minimum atomic E-state index is -3.28. The molecule has 3 aliphatic heterocycles. The molecule has 0 atom stereocenters. The van der Waals surface area contributed by atoms with Crippen molar-refractivity contribution in [2.45, 2.75) is 30.8 Å². The highest BCUT2D eigenvalue weighted by Crippen LogP contribution is 2.41. The molecule has 3 aromatic rings. The highest BCUT2D eigenvalue weighted by molar-refractivity contribution is 7.90. The smallest absolute Gasteiger partial charge is 0.260 e. The molecule has 1 aromatic carbocycles. The fraction of sp³-hybridized carbons (Fsp3) is 0.360. The molecule has 0 saturated carbocycles. The van der Waals surface area contributed by atoms with Crippen LogP contribution >= 0.6 is 0 Å². The van der Waals surface area contributed by atoms with E-state index >= 15 is 0 Å². The molecule has 0 spiro atoms. The summed E-state index contributed by atoms with van der Waals surface area (Å²) in [6.45, 7) is 2.26. The lowest BCUT2D eigenvalue weighted by molar-refractivity contribution is -0.132. The van der Waals surface area contributed by atoms with Gasteiger partial charge in [-0.25, -0.2) is 18.4 Å². The van der Waals surface area contributed by atoms with Crippen LogP contribution in [0.25, 0.3) is 11.4 Å². The molecule has 2 aromatic heterocycles. The molecule has 9 nitrogen and oxygen atoms in total. The normalized spacial score (nSPS) is 17.9. The first kappa shape index (κ1) is 22.0. The molecule has 35 heavy (non-hydrogen) atoms. The van der Waals surface area contributed by atoms with Gasteiger partial charge in [0.05, 0.1) is 17.2 Å². The van der Waals surface area contributed by atoms with Crippen LogP contribution in [0.3, 0.4) is 0 Å². The molecule has 180 valence electrons. The van der Waals surface area contributed by atoms with Crippen molar-refractivity contribution < 1.29 is 17.9 Å². The zero-order valence-corrected chi connectivity index (χ0v) is 20.0. The lowest BCUT2D eigenvalue weighted by atomic mass is 10.1. The Morgan fingerprint density at radius 2 is 1.80 bits per heavy atom. The number of nitrogens with zero attached hydrogens (tertiary/aromatic N) is 5. The number of hydrogen-bond donors (Lipinski definition) is 0. The number of hydrogen-bond acceptors (Lipinski definition) is 8. The maximum atomic E-state index is 12.5. The summed E-state index contributed by atoms with van der Waals surface area (Å²) < 4.78 is 30.9. The zero-order chi connectivity index (χ0) is 24.0. The molecule has 0 N–H and O–H groups in total. The second kappa shape index (κ2) is 8.60. The summed E-state index contributed by atoms with van der Waals surface area (Å²) in [6, 6.07) is 9.44. The van der Waals surface area contributed by atoms with Gasteiger partial charge in [0.15, 0.2) is 22.3 Å². The number of likely N-dealkylation sites (tertiary alicyclic amines) is 1. The predicted molar refractivity (Wildman–Crippen MR) is 130 cm³/mol. The minimum absolute atomic E-state index is 0.000624. The fourth-order valence-electron chi connectivity index (χ4n) is 4.99. The van der Waals surface area contributed by atoms with Crippen LogP contribution in [0.2, 0.25) is 0 Å². The van der Waals surface area contributed by atoms with Crippen molar-refractivity contribution in [3.05, 3.63) is 59.5 Å². The largest absolute Gasteiger partial charge is 0.484 e. The van der Waals surface area contributed by atoms with E-state index in [1.54, 1.807) is 12.4 Å². The Kier molecular flexibility index (Phi) is 5.40. The summed E-state index contributed by atoms with van der Waals surface area (Å²) in [7, 11) is -3.28. The van der Waals surface area contributed by atoms with Crippen molar-refractivity contribution in [1.82, 2.24) is 19.9 Å². The third-order valence-corrected chi connectivity index (χ3v) is 8.20. The second-order valence-corrected chi connectivity index (χ2v) is 11.2. The van der Waals surface area contributed by atoms with Gasteiger partial charge in [-0.1, -0.05) is 6.07 Å². The number of ether oxygens (including phenoxy) is 1. The first-order chi connectivity index (χ1) is 17.0. The van der Waals surface area contributed by atoms with Crippen LogP contribution in [0.15, 0.2) is 42.7 Å². The van der Waals surface area contributed by atoms with Crippen molar-refractivity contribution in [1.29, 1.82) is 0 Å². The fourth-order valence-corrected chi connectivity index (χ4v) is 6.48. The molecule has 3 aliphatic rings. The summed E-state index contributed by atoms with van der Waals surface area (Å²) in [6.07, 6.45) is 6.22. The number of aromatic nitrogens is 3. The number of fused-ring (bicyclic) bond motifs is 2. The van der Waals surface area contributed by atoms with E-state index in [4.69, 9.17) is 9.72 Å². The van der Waals surface area contributed by atoms with Crippen LogP contribution < -0.4 is 9.64 Å². The van der Waals surface area contributed by atoms with E-state index in [0.29, 0.717) is 35.2 Å². The van der Waals surface area contributed by atoms with E-state index in [-0.39, 0.29) is 24.0 Å². The standard InChI is InChI=1S/C25H25N5O4S/c31-23(29-10-1-2-11-29)14-34-19-4-3-17-7-12-30(22(17)13-19)25-20-15-35(32,33)16-21(20)27-24(28-25)18-5-8-26-9-6-18/h3-6,8-9,13H,1-2,7,10-12,14-16H2. The summed E-state index contributed by atoms with van der Waals surface area (Å²) in [4.78, 5) is 29.8. The number of amides is 1. The molecule has 1 amide bonds. The zero-order valence-electron chi connectivity index (χ0n) is 19.2. The van der Waals surface area contributed by atoms with Gasteiger partial charge in [-0.05, 0) is 43.0 Å². The Hall–Kier alpha value is -3.53. The lowest BCUT2D eigenvalue weighted by Crippen LogP contribution is -2.32. The van der Waals surface area contributed by atoms with E-state index in [0.717, 1.165) is 49.2 Å². The summed E-state index contributed by atoms with van der Waals surface area (Å²) >= 11 is 0. The van der Waals surface area contributed by atoms with Gasteiger partial charge in [0.1, 0.15) is 11.6 Å².